The summed E-state index contributed by atoms with van der Waals surface area (Å²) in [5, 5.41) is 8.59. The van der Waals surface area contributed by atoms with E-state index in [1.54, 1.807) is 0 Å². The molecule has 1 aliphatic heterocycles. The lowest BCUT2D eigenvalue weighted by atomic mass is 9.94. The molecule has 14 heavy (non-hydrogen) atoms. The maximum Gasteiger partial charge on any atom is 0.320 e. The zero-order chi connectivity index (χ0) is 10.1. The van der Waals surface area contributed by atoms with Crippen molar-refractivity contribution in [1.82, 2.24) is 0 Å². The third-order valence-electron chi connectivity index (χ3n) is 2.39. The molecule has 5 nitrogen and oxygen atoms in total. The third-order valence-corrected chi connectivity index (χ3v) is 4.11. The number of carboxylic acids is 1. The highest BCUT2D eigenvalue weighted by molar-refractivity contribution is 7.91. The van der Waals surface area contributed by atoms with Gasteiger partial charge in [0.05, 0.1) is 11.5 Å². The lowest BCUT2D eigenvalue weighted by molar-refractivity contribution is -0.139. The minimum atomic E-state index is -2.92. The number of hydrogen-bond acceptors (Lipinski definition) is 4. The summed E-state index contributed by atoms with van der Waals surface area (Å²) in [5.74, 6) is -1.11. The third kappa shape index (κ3) is 3.43. The van der Waals surface area contributed by atoms with E-state index < -0.39 is 21.8 Å². The number of hydrogen-bond donors (Lipinski definition) is 2. The lowest BCUT2D eigenvalue weighted by Gasteiger charge is -2.24. The average Bonchev–Trinajstić information content (AvgIpc) is 2.03. The zero-order valence-corrected chi connectivity index (χ0v) is 9.18. The number of carbonyl (C=O) groups is 1. The lowest BCUT2D eigenvalue weighted by Crippen LogP contribution is -2.41. The van der Waals surface area contributed by atoms with Crippen molar-refractivity contribution in [3.8, 4) is 0 Å². The van der Waals surface area contributed by atoms with Crippen LogP contribution >= 0.6 is 12.4 Å². The SMILES string of the molecule is Cl.N[C@@H](C(=O)O)C1CCS(=O)(=O)CC1. The van der Waals surface area contributed by atoms with Gasteiger partial charge in [-0.15, -0.1) is 12.4 Å². The molecule has 0 aromatic heterocycles. The first-order valence-electron chi connectivity index (χ1n) is 4.11. The fraction of sp³-hybridized carbons (Fsp3) is 0.857. The largest absolute Gasteiger partial charge is 0.480 e. The Morgan fingerprint density at radius 1 is 1.36 bits per heavy atom. The highest BCUT2D eigenvalue weighted by Gasteiger charge is 2.30. The van der Waals surface area contributed by atoms with Gasteiger partial charge < -0.3 is 10.8 Å². The minimum Gasteiger partial charge on any atom is -0.480 e. The van der Waals surface area contributed by atoms with E-state index in [0.717, 1.165) is 0 Å². The summed E-state index contributed by atoms with van der Waals surface area (Å²) < 4.78 is 22.0. The van der Waals surface area contributed by atoms with Gasteiger partial charge in [0.2, 0.25) is 0 Å². The van der Waals surface area contributed by atoms with Crippen molar-refractivity contribution in [2.24, 2.45) is 11.7 Å². The van der Waals surface area contributed by atoms with Crippen LogP contribution in [0.1, 0.15) is 12.8 Å². The first-order valence-corrected chi connectivity index (χ1v) is 5.93. The van der Waals surface area contributed by atoms with Gasteiger partial charge in [-0.05, 0) is 18.8 Å². The Morgan fingerprint density at radius 2 is 1.79 bits per heavy atom. The molecule has 3 N–H and O–H groups in total. The van der Waals surface area contributed by atoms with Crippen molar-refractivity contribution in [3.05, 3.63) is 0 Å². The normalized spacial score (nSPS) is 23.5. The van der Waals surface area contributed by atoms with Gasteiger partial charge in [-0.1, -0.05) is 0 Å². The quantitative estimate of drug-likeness (QED) is 0.691. The van der Waals surface area contributed by atoms with E-state index >= 15 is 0 Å². The molecule has 1 saturated heterocycles. The topological polar surface area (TPSA) is 97.5 Å². The summed E-state index contributed by atoms with van der Waals surface area (Å²) >= 11 is 0. The van der Waals surface area contributed by atoms with Gasteiger partial charge >= 0.3 is 5.97 Å². The summed E-state index contributed by atoms with van der Waals surface area (Å²) in [4.78, 5) is 10.5. The standard InChI is InChI=1S/C7H13NO4S.ClH/c8-6(7(9)10)5-1-3-13(11,12)4-2-5;/h5-6H,1-4,8H2,(H,9,10);1H/t6-;/m1./s1. The van der Waals surface area contributed by atoms with Crippen LogP contribution in [0.15, 0.2) is 0 Å². The molecule has 0 saturated carbocycles. The molecular weight excluding hydrogens is 230 g/mol. The molecule has 0 unspecified atom stereocenters. The molecule has 1 heterocycles. The van der Waals surface area contributed by atoms with E-state index in [4.69, 9.17) is 10.8 Å². The Labute approximate surface area is 89.0 Å². The number of sulfone groups is 1. The van der Waals surface area contributed by atoms with Crippen molar-refractivity contribution < 1.29 is 18.3 Å². The molecule has 1 fully saturated rings. The Bertz CT molecular complexity index is 289. The van der Waals surface area contributed by atoms with Crippen LogP contribution in [-0.4, -0.2) is 37.0 Å². The molecule has 0 aromatic carbocycles. The van der Waals surface area contributed by atoms with Crippen LogP contribution in [0.4, 0.5) is 0 Å². The van der Waals surface area contributed by atoms with E-state index in [0.29, 0.717) is 12.8 Å². The molecule has 7 heteroatoms. The second kappa shape index (κ2) is 4.95. The molecule has 1 atom stereocenters. The Balaban J connectivity index is 0.00000169. The summed E-state index contributed by atoms with van der Waals surface area (Å²) in [6.07, 6.45) is 0.742. The molecule has 0 radical (unpaired) electrons. The molecule has 0 amide bonds. The van der Waals surface area contributed by atoms with Crippen LogP contribution < -0.4 is 5.73 Å². The van der Waals surface area contributed by atoms with Gasteiger partial charge in [-0.25, -0.2) is 8.42 Å². The summed E-state index contributed by atoms with van der Waals surface area (Å²) in [6.45, 7) is 0. The Morgan fingerprint density at radius 3 is 2.14 bits per heavy atom. The number of carboxylic acid groups (broad SMARTS) is 1. The van der Waals surface area contributed by atoms with Gasteiger partial charge in [0.1, 0.15) is 15.9 Å². The fourth-order valence-corrected chi connectivity index (χ4v) is 3.00. The number of rotatable bonds is 2. The van der Waals surface area contributed by atoms with Crippen molar-refractivity contribution in [2.45, 2.75) is 18.9 Å². The minimum absolute atomic E-state index is 0. The van der Waals surface area contributed by atoms with E-state index in [-0.39, 0.29) is 29.8 Å². The molecule has 0 aliphatic carbocycles. The molecule has 1 rings (SSSR count). The van der Waals surface area contributed by atoms with E-state index in [1.165, 1.54) is 0 Å². The Kier molecular flexibility index (Phi) is 4.83. The predicted molar refractivity (Wildman–Crippen MR) is 54.2 cm³/mol. The van der Waals surface area contributed by atoms with Gasteiger partial charge in [-0.3, -0.25) is 4.79 Å². The van der Waals surface area contributed by atoms with Crippen LogP contribution in [-0.2, 0) is 14.6 Å². The fourth-order valence-electron chi connectivity index (χ4n) is 1.47. The van der Waals surface area contributed by atoms with Crippen LogP contribution in [0.3, 0.4) is 0 Å². The molecule has 0 spiro atoms. The Hall–Kier alpha value is -0.330. The second-order valence-electron chi connectivity index (χ2n) is 3.35. The first kappa shape index (κ1) is 13.7. The molecule has 84 valence electrons. The summed E-state index contributed by atoms with van der Waals surface area (Å²) in [7, 11) is -2.92. The first-order chi connectivity index (χ1) is 5.92. The number of nitrogens with two attached hydrogens (primary N) is 1. The van der Waals surface area contributed by atoms with Crippen LogP contribution in [0.5, 0.6) is 0 Å². The summed E-state index contributed by atoms with van der Waals surface area (Å²) in [6, 6.07) is -0.921. The monoisotopic (exact) mass is 243 g/mol. The highest BCUT2D eigenvalue weighted by Crippen LogP contribution is 2.21. The zero-order valence-electron chi connectivity index (χ0n) is 7.55. The van der Waals surface area contributed by atoms with Crippen molar-refractivity contribution in [2.75, 3.05) is 11.5 Å². The molecule has 0 aromatic rings. The molecule has 0 bridgehead atoms. The van der Waals surface area contributed by atoms with Crippen molar-refractivity contribution in [3.63, 3.8) is 0 Å². The van der Waals surface area contributed by atoms with Crippen LogP contribution in [0.2, 0.25) is 0 Å². The number of halogens is 1. The predicted octanol–water partition coefficient (Wildman–Crippen LogP) is -0.355. The van der Waals surface area contributed by atoms with E-state index in [9.17, 15) is 13.2 Å². The van der Waals surface area contributed by atoms with Crippen molar-refractivity contribution in [1.29, 1.82) is 0 Å². The molecular formula is C7H14ClNO4S. The molecule has 1 aliphatic rings. The average molecular weight is 244 g/mol. The van der Waals surface area contributed by atoms with E-state index in [1.807, 2.05) is 0 Å². The van der Waals surface area contributed by atoms with Gasteiger partial charge in [0.15, 0.2) is 0 Å². The smallest absolute Gasteiger partial charge is 0.320 e. The van der Waals surface area contributed by atoms with Gasteiger partial charge in [-0.2, -0.15) is 0 Å². The highest BCUT2D eigenvalue weighted by atomic mass is 35.5. The maximum atomic E-state index is 11.0. The van der Waals surface area contributed by atoms with Crippen molar-refractivity contribution >= 4 is 28.2 Å². The van der Waals surface area contributed by atoms with Gasteiger partial charge in [0, 0.05) is 0 Å². The van der Waals surface area contributed by atoms with Crippen LogP contribution in [0.25, 0.3) is 0 Å². The summed E-state index contributed by atoms with van der Waals surface area (Å²) in [5.41, 5.74) is 5.39. The van der Waals surface area contributed by atoms with Crippen LogP contribution in [0, 0.1) is 5.92 Å². The number of aliphatic carboxylic acids is 1. The van der Waals surface area contributed by atoms with E-state index in [2.05, 4.69) is 0 Å². The maximum absolute atomic E-state index is 11.0. The second-order valence-corrected chi connectivity index (χ2v) is 5.66. The van der Waals surface area contributed by atoms with Gasteiger partial charge in [0.25, 0.3) is 0 Å².